The fraction of sp³-hybridized carbons (Fsp3) is 0. The highest BCUT2D eigenvalue weighted by Gasteiger charge is 1.92. The Balaban J connectivity index is 2.89. The van der Waals surface area contributed by atoms with Crippen LogP contribution in [0, 0.1) is 6.20 Å². The molecule has 2 heterocycles. The largest absolute Gasteiger partial charge is 0.158 e. The van der Waals surface area contributed by atoms with Crippen molar-refractivity contribution in [2.75, 3.05) is 0 Å². The van der Waals surface area contributed by atoms with Gasteiger partial charge in [-0.3, -0.25) is 0 Å². The molecule has 0 N–H and O–H groups in total. The van der Waals surface area contributed by atoms with Crippen LogP contribution < -0.4 is 0 Å². The molecule has 2 aromatic heterocycles. The van der Waals surface area contributed by atoms with Gasteiger partial charge in [0.2, 0.25) is 0 Å². The van der Waals surface area contributed by atoms with E-state index < -0.39 is 0 Å². The molecule has 0 bridgehead atoms. The van der Waals surface area contributed by atoms with E-state index in [0.29, 0.717) is 5.52 Å². The minimum absolute atomic E-state index is 0.588. The quantitative estimate of drug-likeness (QED) is 0.488. The lowest BCUT2D eigenvalue weighted by atomic mass is 10.4. The van der Waals surface area contributed by atoms with Crippen molar-refractivity contribution >= 4 is 10.9 Å². The van der Waals surface area contributed by atoms with E-state index in [0.717, 1.165) is 5.39 Å². The molecule has 1 radical (unpaired) electrons. The second-order valence-electron chi connectivity index (χ2n) is 1.69. The van der Waals surface area contributed by atoms with Crippen LogP contribution in [0.1, 0.15) is 0 Å². The highest BCUT2D eigenvalue weighted by molar-refractivity contribution is 5.73. The van der Waals surface area contributed by atoms with Crippen molar-refractivity contribution < 1.29 is 0 Å². The lowest BCUT2D eigenvalue weighted by Gasteiger charge is -1.86. The Kier molecular flexibility index (Phi) is 1.00. The van der Waals surface area contributed by atoms with E-state index in [1.807, 2.05) is 0 Å². The van der Waals surface area contributed by atoms with Gasteiger partial charge < -0.3 is 0 Å². The van der Waals surface area contributed by atoms with Crippen LogP contribution in [0.4, 0.5) is 0 Å². The molecule has 0 aromatic carbocycles. The average Bonchev–Trinajstić information content (AvgIpc) is 2.05. The molecule has 0 saturated heterocycles. The molecule has 0 amide bonds. The lowest BCUT2D eigenvalue weighted by molar-refractivity contribution is 0.885. The van der Waals surface area contributed by atoms with Gasteiger partial charge in [-0.2, -0.15) is 5.10 Å². The van der Waals surface area contributed by atoms with E-state index in [1.54, 1.807) is 12.4 Å². The predicted molar refractivity (Wildman–Crippen MR) is 31.8 cm³/mol. The lowest BCUT2D eigenvalue weighted by Crippen LogP contribution is -1.89. The number of aromatic nitrogens is 5. The van der Waals surface area contributed by atoms with Gasteiger partial charge in [0.1, 0.15) is 11.7 Å². The molecular weight excluding hydrogens is 130 g/mol. The molecule has 5 nitrogen and oxygen atoms in total. The summed E-state index contributed by atoms with van der Waals surface area (Å²) in [5, 5.41) is 18.5. The van der Waals surface area contributed by atoms with E-state index in [-0.39, 0.29) is 0 Å². The van der Waals surface area contributed by atoms with Crippen LogP contribution in [-0.2, 0) is 0 Å². The first-order chi connectivity index (χ1) is 4.97. The van der Waals surface area contributed by atoms with Crippen LogP contribution in [0.5, 0.6) is 0 Å². The maximum Gasteiger partial charge on any atom is 0.144 e. The topological polar surface area (TPSA) is 64.5 Å². The first-order valence-electron chi connectivity index (χ1n) is 2.64. The third-order valence-corrected chi connectivity index (χ3v) is 1.08. The Labute approximate surface area is 56.1 Å². The fourth-order valence-corrected chi connectivity index (χ4v) is 0.626. The van der Waals surface area contributed by atoms with Crippen molar-refractivity contribution in [3.8, 4) is 0 Å². The van der Waals surface area contributed by atoms with Gasteiger partial charge >= 0.3 is 0 Å². The summed E-state index contributed by atoms with van der Waals surface area (Å²) in [5.74, 6) is 0. The van der Waals surface area contributed by atoms with Gasteiger partial charge in [-0.15, -0.1) is 15.3 Å². The van der Waals surface area contributed by atoms with E-state index >= 15 is 0 Å². The van der Waals surface area contributed by atoms with Gasteiger partial charge in [-0.05, 0) is 5.21 Å². The second-order valence-corrected chi connectivity index (χ2v) is 1.69. The molecule has 0 aliphatic rings. The minimum atomic E-state index is 0.588. The Morgan fingerprint density at radius 3 is 3.00 bits per heavy atom. The third kappa shape index (κ3) is 0.680. The molecule has 0 aliphatic carbocycles. The van der Waals surface area contributed by atoms with E-state index in [1.165, 1.54) is 0 Å². The maximum atomic E-state index is 3.66. The summed E-state index contributed by atoms with van der Waals surface area (Å²) in [6, 6.07) is 0. The Morgan fingerprint density at radius 2 is 2.10 bits per heavy atom. The van der Waals surface area contributed by atoms with Gasteiger partial charge in [0.05, 0.1) is 12.4 Å². The Hall–Kier alpha value is -1.65. The Morgan fingerprint density at radius 1 is 1.20 bits per heavy atom. The van der Waals surface area contributed by atoms with Crippen molar-refractivity contribution in [1.29, 1.82) is 0 Å². The van der Waals surface area contributed by atoms with Gasteiger partial charge in [-0.25, -0.2) is 0 Å². The van der Waals surface area contributed by atoms with Crippen molar-refractivity contribution in [2.45, 2.75) is 0 Å². The molecule has 0 aliphatic heterocycles. The van der Waals surface area contributed by atoms with Crippen LogP contribution in [0.15, 0.2) is 12.4 Å². The molecule has 0 atom stereocenters. The second kappa shape index (κ2) is 1.94. The van der Waals surface area contributed by atoms with E-state index in [9.17, 15) is 0 Å². The van der Waals surface area contributed by atoms with Crippen LogP contribution in [-0.4, -0.2) is 25.6 Å². The van der Waals surface area contributed by atoms with Crippen molar-refractivity contribution in [2.24, 2.45) is 0 Å². The van der Waals surface area contributed by atoms with Gasteiger partial charge in [-0.1, -0.05) is 0 Å². The molecular formula is C5H2N5. The SMILES string of the molecule is [c]1nncc2cnnnc12. The van der Waals surface area contributed by atoms with Crippen LogP contribution in [0.25, 0.3) is 10.9 Å². The van der Waals surface area contributed by atoms with Gasteiger partial charge in [0.15, 0.2) is 0 Å². The number of hydrogen-bond donors (Lipinski definition) is 0. The number of nitrogens with zero attached hydrogens (tertiary/aromatic N) is 5. The fourth-order valence-electron chi connectivity index (χ4n) is 0.626. The van der Waals surface area contributed by atoms with E-state index in [4.69, 9.17) is 0 Å². The average molecular weight is 132 g/mol. The molecule has 0 unspecified atom stereocenters. The predicted octanol–water partition coefficient (Wildman–Crippen LogP) is -0.385. The summed E-state index contributed by atoms with van der Waals surface area (Å²) in [7, 11) is 0. The zero-order valence-corrected chi connectivity index (χ0v) is 4.89. The number of rotatable bonds is 0. The highest BCUT2D eigenvalue weighted by Crippen LogP contribution is 2.00. The molecule has 0 fully saturated rings. The summed E-state index contributed by atoms with van der Waals surface area (Å²) in [6.07, 6.45) is 5.70. The van der Waals surface area contributed by atoms with Crippen LogP contribution in [0.3, 0.4) is 0 Å². The van der Waals surface area contributed by atoms with Crippen LogP contribution in [0.2, 0.25) is 0 Å². The molecule has 47 valence electrons. The summed E-state index contributed by atoms with van der Waals surface area (Å²) in [4.78, 5) is 0. The first kappa shape index (κ1) is 5.16. The summed E-state index contributed by atoms with van der Waals surface area (Å²) < 4.78 is 0. The standard InChI is InChI=1S/C5H2N5/c1-4-2-8-10-9-5(4)3-7-6-1/h1-2H. The Bertz CT molecular complexity index is 281. The third-order valence-electron chi connectivity index (χ3n) is 1.08. The summed E-state index contributed by atoms with van der Waals surface area (Å²) in [6.45, 7) is 0. The molecule has 2 rings (SSSR count). The highest BCUT2D eigenvalue weighted by atomic mass is 15.3. The zero-order valence-electron chi connectivity index (χ0n) is 4.89. The molecule has 5 heteroatoms. The van der Waals surface area contributed by atoms with Crippen molar-refractivity contribution in [3.05, 3.63) is 18.6 Å². The van der Waals surface area contributed by atoms with Gasteiger partial charge in [0.25, 0.3) is 0 Å². The first-order valence-corrected chi connectivity index (χ1v) is 2.64. The van der Waals surface area contributed by atoms with Crippen molar-refractivity contribution in [1.82, 2.24) is 25.6 Å². The van der Waals surface area contributed by atoms with Crippen LogP contribution >= 0.6 is 0 Å². The van der Waals surface area contributed by atoms with E-state index in [2.05, 4.69) is 31.8 Å². The molecule has 10 heavy (non-hydrogen) atoms. The summed E-state index contributed by atoms with van der Waals surface area (Å²) in [5.41, 5.74) is 0.588. The van der Waals surface area contributed by atoms with Crippen molar-refractivity contribution in [3.63, 3.8) is 0 Å². The smallest absolute Gasteiger partial charge is 0.144 e. The zero-order chi connectivity index (χ0) is 6.81. The number of hydrogen-bond acceptors (Lipinski definition) is 5. The normalized spacial score (nSPS) is 10.0. The summed E-state index contributed by atoms with van der Waals surface area (Å²) >= 11 is 0. The van der Waals surface area contributed by atoms with Gasteiger partial charge in [0, 0.05) is 5.39 Å². The maximum absolute atomic E-state index is 3.66. The molecule has 0 saturated carbocycles. The monoisotopic (exact) mass is 132 g/mol. The molecule has 0 spiro atoms. The minimum Gasteiger partial charge on any atom is -0.158 e. The molecule has 2 aromatic rings. The number of fused-ring (bicyclic) bond motifs is 1.